The minimum Gasteiger partial charge on any atom is -0.486 e. The van der Waals surface area contributed by atoms with Crippen molar-refractivity contribution in [3.63, 3.8) is 0 Å². The van der Waals surface area contributed by atoms with E-state index in [1.54, 1.807) is 0 Å². The van der Waals surface area contributed by atoms with Crippen molar-refractivity contribution >= 4 is 16.8 Å². The van der Waals surface area contributed by atoms with Crippen molar-refractivity contribution in [2.24, 2.45) is 7.05 Å². The second kappa shape index (κ2) is 7.35. The highest BCUT2D eigenvalue weighted by atomic mass is 16.5. The molecule has 28 heavy (non-hydrogen) atoms. The molecule has 0 aliphatic carbocycles. The van der Waals surface area contributed by atoms with Crippen molar-refractivity contribution < 1.29 is 9.53 Å². The van der Waals surface area contributed by atoms with Gasteiger partial charge in [0.1, 0.15) is 18.2 Å². The standard InChI is InChI=1S/C23H23N3O2/c1-16-13-19(17(2)25(16)3)22(27)14-26-21-12-8-7-11-20(21)24-23(26)15-28-18-9-5-4-6-10-18/h4-13H,14-15H2,1-3H3. The Morgan fingerprint density at radius 1 is 1.04 bits per heavy atom. The summed E-state index contributed by atoms with van der Waals surface area (Å²) in [5, 5.41) is 0. The number of fused-ring (bicyclic) bond motifs is 1. The first-order valence-electron chi connectivity index (χ1n) is 9.32. The van der Waals surface area contributed by atoms with E-state index in [0.29, 0.717) is 6.61 Å². The van der Waals surface area contributed by atoms with Gasteiger partial charge in [-0.25, -0.2) is 4.98 Å². The average molecular weight is 373 g/mol. The normalized spacial score (nSPS) is 11.1. The van der Waals surface area contributed by atoms with E-state index in [1.165, 1.54) is 0 Å². The zero-order valence-corrected chi connectivity index (χ0v) is 16.3. The van der Waals surface area contributed by atoms with Gasteiger partial charge in [0.15, 0.2) is 5.78 Å². The number of carbonyl (C=O) groups excluding carboxylic acids is 1. The third-order valence-corrected chi connectivity index (χ3v) is 5.22. The fraction of sp³-hybridized carbons (Fsp3) is 0.217. The first kappa shape index (κ1) is 18.0. The molecular weight excluding hydrogens is 350 g/mol. The number of ketones is 1. The van der Waals surface area contributed by atoms with Crippen LogP contribution < -0.4 is 4.74 Å². The number of rotatable bonds is 6. The number of nitrogens with zero attached hydrogens (tertiary/aromatic N) is 3. The molecule has 5 heteroatoms. The fourth-order valence-corrected chi connectivity index (χ4v) is 3.44. The lowest BCUT2D eigenvalue weighted by atomic mass is 10.1. The summed E-state index contributed by atoms with van der Waals surface area (Å²) >= 11 is 0. The lowest BCUT2D eigenvalue weighted by Crippen LogP contribution is -2.15. The van der Waals surface area contributed by atoms with Crippen molar-refractivity contribution in [3.05, 3.63) is 83.4 Å². The van der Waals surface area contributed by atoms with Crippen LogP contribution in [0.4, 0.5) is 0 Å². The molecule has 2 heterocycles. The maximum atomic E-state index is 13.1. The Labute approximate surface area is 164 Å². The topological polar surface area (TPSA) is 49.1 Å². The summed E-state index contributed by atoms with van der Waals surface area (Å²) in [4.78, 5) is 17.8. The largest absolute Gasteiger partial charge is 0.486 e. The van der Waals surface area contributed by atoms with Gasteiger partial charge in [0, 0.05) is 24.0 Å². The monoisotopic (exact) mass is 373 g/mol. The minimum atomic E-state index is 0.0744. The molecule has 0 radical (unpaired) electrons. The van der Waals surface area contributed by atoms with E-state index in [-0.39, 0.29) is 12.3 Å². The second-order valence-corrected chi connectivity index (χ2v) is 6.97. The molecule has 142 valence electrons. The van der Waals surface area contributed by atoms with Crippen molar-refractivity contribution in [3.8, 4) is 5.75 Å². The summed E-state index contributed by atoms with van der Waals surface area (Å²) in [6.07, 6.45) is 0. The van der Waals surface area contributed by atoms with E-state index in [9.17, 15) is 4.79 Å². The van der Waals surface area contributed by atoms with Crippen LogP contribution in [0.3, 0.4) is 0 Å². The van der Waals surface area contributed by atoms with Crippen LogP contribution in [0, 0.1) is 13.8 Å². The smallest absolute Gasteiger partial charge is 0.184 e. The zero-order valence-electron chi connectivity index (χ0n) is 16.3. The number of para-hydroxylation sites is 3. The number of Topliss-reactive ketones (excluding diaryl/α,β-unsaturated/α-hetero) is 1. The highest BCUT2D eigenvalue weighted by Gasteiger charge is 2.18. The van der Waals surface area contributed by atoms with E-state index < -0.39 is 0 Å². The summed E-state index contributed by atoms with van der Waals surface area (Å²) in [5.74, 6) is 1.59. The van der Waals surface area contributed by atoms with Gasteiger partial charge in [0.25, 0.3) is 0 Å². The van der Waals surface area contributed by atoms with Crippen molar-refractivity contribution in [1.29, 1.82) is 0 Å². The highest BCUT2D eigenvalue weighted by Crippen LogP contribution is 2.21. The van der Waals surface area contributed by atoms with Crippen LogP contribution in [-0.4, -0.2) is 19.9 Å². The van der Waals surface area contributed by atoms with Crippen LogP contribution >= 0.6 is 0 Å². The predicted molar refractivity (Wildman–Crippen MR) is 110 cm³/mol. The molecule has 0 atom stereocenters. The van der Waals surface area contributed by atoms with Gasteiger partial charge < -0.3 is 13.9 Å². The summed E-state index contributed by atoms with van der Waals surface area (Å²) in [6.45, 7) is 4.53. The first-order chi connectivity index (χ1) is 13.5. The lowest BCUT2D eigenvalue weighted by molar-refractivity contribution is 0.0970. The first-order valence-corrected chi connectivity index (χ1v) is 9.32. The summed E-state index contributed by atoms with van der Waals surface area (Å²) in [5.41, 5.74) is 4.61. The molecule has 2 aromatic carbocycles. The van der Waals surface area contributed by atoms with E-state index in [0.717, 1.165) is 39.6 Å². The molecule has 0 amide bonds. The Balaban J connectivity index is 1.66. The van der Waals surface area contributed by atoms with Crippen LogP contribution in [0.15, 0.2) is 60.7 Å². The molecule has 2 aromatic heterocycles. The third kappa shape index (κ3) is 3.31. The lowest BCUT2D eigenvalue weighted by Gasteiger charge is -2.10. The molecule has 0 N–H and O–H groups in total. The molecule has 4 aromatic rings. The van der Waals surface area contributed by atoms with Gasteiger partial charge in [-0.2, -0.15) is 0 Å². The molecule has 0 aliphatic rings. The minimum absolute atomic E-state index is 0.0744. The number of imidazole rings is 1. The van der Waals surface area contributed by atoms with Crippen LogP contribution in [0.2, 0.25) is 0 Å². The number of carbonyl (C=O) groups is 1. The number of aromatic nitrogens is 3. The molecule has 0 aliphatic heterocycles. The van der Waals surface area contributed by atoms with Crippen molar-refractivity contribution in [2.45, 2.75) is 27.0 Å². The maximum absolute atomic E-state index is 13.1. The maximum Gasteiger partial charge on any atom is 0.184 e. The SMILES string of the molecule is Cc1cc(C(=O)Cn2c(COc3ccccc3)nc3ccccc32)c(C)n1C. The van der Waals surface area contributed by atoms with E-state index >= 15 is 0 Å². The molecule has 0 spiro atoms. The van der Waals surface area contributed by atoms with Gasteiger partial charge >= 0.3 is 0 Å². The van der Waals surface area contributed by atoms with Crippen molar-refractivity contribution in [1.82, 2.24) is 14.1 Å². The Morgan fingerprint density at radius 2 is 1.75 bits per heavy atom. The molecule has 0 saturated heterocycles. The Kier molecular flexibility index (Phi) is 4.74. The molecule has 0 fully saturated rings. The van der Waals surface area contributed by atoms with Gasteiger partial charge in [-0.1, -0.05) is 30.3 Å². The molecule has 0 unspecified atom stereocenters. The van der Waals surface area contributed by atoms with E-state index in [4.69, 9.17) is 9.72 Å². The summed E-state index contributed by atoms with van der Waals surface area (Å²) < 4.78 is 9.90. The fourth-order valence-electron chi connectivity index (χ4n) is 3.44. The number of aryl methyl sites for hydroxylation is 1. The van der Waals surface area contributed by atoms with Gasteiger partial charge in [0.2, 0.25) is 0 Å². The quantitative estimate of drug-likeness (QED) is 0.469. The second-order valence-electron chi connectivity index (χ2n) is 6.97. The van der Waals surface area contributed by atoms with Crippen LogP contribution in [0.1, 0.15) is 27.6 Å². The van der Waals surface area contributed by atoms with Crippen molar-refractivity contribution in [2.75, 3.05) is 0 Å². The van der Waals surface area contributed by atoms with Gasteiger partial charge in [-0.3, -0.25) is 4.79 Å². The van der Waals surface area contributed by atoms with Gasteiger partial charge in [0.05, 0.1) is 17.6 Å². The number of ether oxygens (including phenoxy) is 1. The number of hydrogen-bond donors (Lipinski definition) is 0. The Bertz CT molecular complexity index is 1140. The Hall–Kier alpha value is -3.34. The number of benzene rings is 2. The summed E-state index contributed by atoms with van der Waals surface area (Å²) in [6, 6.07) is 19.5. The van der Waals surface area contributed by atoms with E-state index in [2.05, 4.69) is 0 Å². The molecule has 4 rings (SSSR count). The summed E-state index contributed by atoms with van der Waals surface area (Å²) in [7, 11) is 1.98. The van der Waals surface area contributed by atoms with Crippen LogP contribution in [0.5, 0.6) is 5.75 Å². The number of hydrogen-bond acceptors (Lipinski definition) is 3. The van der Waals surface area contributed by atoms with Crippen LogP contribution in [-0.2, 0) is 20.2 Å². The molecule has 0 bridgehead atoms. The molecular formula is C23H23N3O2. The molecule has 5 nitrogen and oxygen atoms in total. The zero-order chi connectivity index (χ0) is 19.7. The Morgan fingerprint density at radius 3 is 2.46 bits per heavy atom. The van der Waals surface area contributed by atoms with Crippen LogP contribution in [0.25, 0.3) is 11.0 Å². The van der Waals surface area contributed by atoms with Gasteiger partial charge in [-0.05, 0) is 44.2 Å². The van der Waals surface area contributed by atoms with E-state index in [1.807, 2.05) is 90.7 Å². The van der Waals surface area contributed by atoms with Gasteiger partial charge in [-0.15, -0.1) is 0 Å². The predicted octanol–water partition coefficient (Wildman–Crippen LogP) is 4.45. The third-order valence-electron chi connectivity index (χ3n) is 5.22. The highest BCUT2D eigenvalue weighted by molar-refractivity contribution is 5.98. The average Bonchev–Trinajstić information content (AvgIpc) is 3.19. The molecule has 0 saturated carbocycles.